The van der Waals surface area contributed by atoms with Gasteiger partial charge in [0, 0.05) is 12.1 Å². The van der Waals surface area contributed by atoms with Crippen LogP contribution in [0.15, 0.2) is 36.7 Å². The minimum absolute atomic E-state index is 0.245. The molecular weight excluding hydrogens is 229 g/mol. The summed E-state index contributed by atoms with van der Waals surface area (Å²) in [6.45, 7) is 0.349. The molecule has 0 aliphatic rings. The molecule has 1 heterocycles. The van der Waals surface area contributed by atoms with Gasteiger partial charge in [0.2, 0.25) is 0 Å². The summed E-state index contributed by atoms with van der Waals surface area (Å²) >= 11 is 5.67. The number of halogens is 2. The first-order valence-electron chi connectivity index (χ1n) is 4.70. The molecule has 1 N–H and O–H groups in total. The van der Waals surface area contributed by atoms with E-state index in [1.807, 2.05) is 0 Å². The van der Waals surface area contributed by atoms with Crippen molar-refractivity contribution in [2.45, 2.75) is 6.54 Å². The Labute approximate surface area is 97.3 Å². The number of aromatic nitrogens is 2. The van der Waals surface area contributed by atoms with Crippen molar-refractivity contribution in [1.82, 2.24) is 9.97 Å². The Kier molecular flexibility index (Phi) is 3.31. The summed E-state index contributed by atoms with van der Waals surface area (Å²) in [4.78, 5) is 7.86. The predicted molar refractivity (Wildman–Crippen MR) is 60.8 cm³/mol. The van der Waals surface area contributed by atoms with Gasteiger partial charge in [0.05, 0.1) is 12.4 Å². The van der Waals surface area contributed by atoms with Gasteiger partial charge in [-0.2, -0.15) is 0 Å². The van der Waals surface area contributed by atoms with Crippen molar-refractivity contribution in [3.63, 3.8) is 0 Å². The van der Waals surface area contributed by atoms with Crippen LogP contribution >= 0.6 is 11.6 Å². The molecule has 0 atom stereocenters. The van der Waals surface area contributed by atoms with Gasteiger partial charge < -0.3 is 5.32 Å². The highest BCUT2D eigenvalue weighted by Crippen LogP contribution is 2.10. The molecule has 0 aliphatic heterocycles. The van der Waals surface area contributed by atoms with Crippen LogP contribution in [0.25, 0.3) is 0 Å². The summed E-state index contributed by atoms with van der Waals surface area (Å²) in [7, 11) is 0. The van der Waals surface area contributed by atoms with Crippen molar-refractivity contribution in [1.29, 1.82) is 0 Å². The van der Waals surface area contributed by atoms with Crippen LogP contribution < -0.4 is 5.32 Å². The second-order valence-corrected chi connectivity index (χ2v) is 3.56. The van der Waals surface area contributed by atoms with Gasteiger partial charge in [-0.1, -0.05) is 29.8 Å². The van der Waals surface area contributed by atoms with Crippen LogP contribution in [0.5, 0.6) is 0 Å². The number of hydrogen-bond donors (Lipinski definition) is 1. The van der Waals surface area contributed by atoms with E-state index in [4.69, 9.17) is 11.6 Å². The summed E-state index contributed by atoms with van der Waals surface area (Å²) in [5, 5.41) is 3.25. The van der Waals surface area contributed by atoms with Gasteiger partial charge in [-0.15, -0.1) is 0 Å². The molecule has 0 saturated carbocycles. The van der Waals surface area contributed by atoms with E-state index in [0.29, 0.717) is 23.1 Å². The SMILES string of the molecule is Fc1ccccc1CNc1cncc(Cl)n1. The van der Waals surface area contributed by atoms with Crippen LogP contribution in [-0.2, 0) is 6.54 Å². The van der Waals surface area contributed by atoms with Gasteiger partial charge in [0.1, 0.15) is 16.8 Å². The van der Waals surface area contributed by atoms with E-state index in [9.17, 15) is 4.39 Å². The van der Waals surface area contributed by atoms with Crippen molar-refractivity contribution < 1.29 is 4.39 Å². The average Bonchev–Trinajstić information content (AvgIpc) is 2.28. The Balaban J connectivity index is 2.05. The van der Waals surface area contributed by atoms with Gasteiger partial charge in [-0.25, -0.2) is 9.37 Å². The number of nitrogens with one attached hydrogen (secondary N) is 1. The second-order valence-electron chi connectivity index (χ2n) is 3.17. The molecule has 0 radical (unpaired) electrons. The molecule has 2 rings (SSSR count). The van der Waals surface area contributed by atoms with Crippen LogP contribution in [0, 0.1) is 5.82 Å². The first kappa shape index (κ1) is 10.8. The van der Waals surface area contributed by atoms with Crippen molar-refractivity contribution >= 4 is 17.4 Å². The molecule has 0 aliphatic carbocycles. The zero-order valence-electron chi connectivity index (χ0n) is 8.32. The van der Waals surface area contributed by atoms with E-state index in [2.05, 4.69) is 15.3 Å². The fourth-order valence-corrected chi connectivity index (χ4v) is 1.40. The van der Waals surface area contributed by atoms with Crippen molar-refractivity contribution in [2.24, 2.45) is 0 Å². The second kappa shape index (κ2) is 4.90. The molecule has 1 aromatic heterocycles. The van der Waals surface area contributed by atoms with E-state index < -0.39 is 0 Å². The molecule has 0 bridgehead atoms. The van der Waals surface area contributed by atoms with Gasteiger partial charge in [-0.05, 0) is 6.07 Å². The van der Waals surface area contributed by atoms with Crippen LogP contribution in [0.3, 0.4) is 0 Å². The molecule has 1 aromatic carbocycles. The number of anilines is 1. The first-order valence-corrected chi connectivity index (χ1v) is 5.08. The fraction of sp³-hybridized carbons (Fsp3) is 0.0909. The molecule has 82 valence electrons. The monoisotopic (exact) mass is 237 g/mol. The molecule has 5 heteroatoms. The molecule has 0 saturated heterocycles. The lowest BCUT2D eigenvalue weighted by atomic mass is 10.2. The minimum Gasteiger partial charge on any atom is -0.365 e. The van der Waals surface area contributed by atoms with Crippen molar-refractivity contribution in [3.05, 3.63) is 53.2 Å². The van der Waals surface area contributed by atoms with Crippen LogP contribution in [0.4, 0.5) is 10.2 Å². The van der Waals surface area contributed by atoms with Crippen molar-refractivity contribution in [2.75, 3.05) is 5.32 Å². The topological polar surface area (TPSA) is 37.8 Å². The van der Waals surface area contributed by atoms with E-state index in [0.717, 1.165) is 0 Å². The van der Waals surface area contributed by atoms with E-state index in [1.165, 1.54) is 18.5 Å². The third-order valence-corrected chi connectivity index (χ3v) is 2.21. The first-order chi connectivity index (χ1) is 7.75. The zero-order chi connectivity index (χ0) is 11.4. The van der Waals surface area contributed by atoms with E-state index in [-0.39, 0.29) is 5.82 Å². The predicted octanol–water partition coefficient (Wildman–Crippen LogP) is 2.88. The van der Waals surface area contributed by atoms with E-state index in [1.54, 1.807) is 18.2 Å². The van der Waals surface area contributed by atoms with Gasteiger partial charge in [-0.3, -0.25) is 4.98 Å². The third-order valence-electron chi connectivity index (χ3n) is 2.02. The maximum Gasteiger partial charge on any atom is 0.149 e. The smallest absolute Gasteiger partial charge is 0.149 e. The molecule has 3 nitrogen and oxygen atoms in total. The van der Waals surface area contributed by atoms with Crippen LogP contribution in [-0.4, -0.2) is 9.97 Å². The maximum atomic E-state index is 13.3. The standard InChI is InChI=1S/C11H9ClFN3/c12-10-6-14-7-11(16-10)15-5-8-3-1-2-4-9(8)13/h1-4,6-7H,5H2,(H,15,16). The lowest BCUT2D eigenvalue weighted by Gasteiger charge is -2.05. The van der Waals surface area contributed by atoms with Gasteiger partial charge >= 0.3 is 0 Å². The summed E-state index contributed by atoms with van der Waals surface area (Å²) in [5.74, 6) is 0.278. The Bertz CT molecular complexity index is 490. The highest BCUT2D eigenvalue weighted by Gasteiger charge is 2.01. The largest absolute Gasteiger partial charge is 0.365 e. The highest BCUT2D eigenvalue weighted by molar-refractivity contribution is 6.29. The van der Waals surface area contributed by atoms with Gasteiger partial charge in [0.25, 0.3) is 0 Å². The fourth-order valence-electron chi connectivity index (χ4n) is 1.25. The van der Waals surface area contributed by atoms with Crippen LogP contribution in [0.1, 0.15) is 5.56 Å². The van der Waals surface area contributed by atoms with Gasteiger partial charge in [0.15, 0.2) is 0 Å². The quantitative estimate of drug-likeness (QED) is 0.892. The lowest BCUT2D eigenvalue weighted by Crippen LogP contribution is -2.03. The Morgan fingerprint density at radius 2 is 2.06 bits per heavy atom. The molecule has 16 heavy (non-hydrogen) atoms. The van der Waals surface area contributed by atoms with E-state index >= 15 is 0 Å². The summed E-state index contributed by atoms with van der Waals surface area (Å²) in [6.07, 6.45) is 2.97. The number of nitrogens with zero attached hydrogens (tertiary/aromatic N) is 2. The highest BCUT2D eigenvalue weighted by atomic mass is 35.5. The summed E-state index contributed by atoms with van der Waals surface area (Å²) in [6, 6.07) is 6.56. The summed E-state index contributed by atoms with van der Waals surface area (Å²) < 4.78 is 13.3. The lowest BCUT2D eigenvalue weighted by molar-refractivity contribution is 0.613. The molecule has 2 aromatic rings. The molecule has 0 spiro atoms. The molecule has 0 unspecified atom stereocenters. The van der Waals surface area contributed by atoms with Crippen molar-refractivity contribution in [3.8, 4) is 0 Å². The molecule has 0 fully saturated rings. The molecule has 0 amide bonds. The number of hydrogen-bond acceptors (Lipinski definition) is 3. The Morgan fingerprint density at radius 3 is 2.81 bits per heavy atom. The minimum atomic E-state index is -0.245. The van der Waals surface area contributed by atoms with Crippen LogP contribution in [0.2, 0.25) is 5.15 Å². The number of benzene rings is 1. The normalized spacial score (nSPS) is 10.1. The average molecular weight is 238 g/mol. The molecular formula is C11H9ClFN3. The Morgan fingerprint density at radius 1 is 1.25 bits per heavy atom. The zero-order valence-corrected chi connectivity index (χ0v) is 9.08. The maximum absolute atomic E-state index is 13.3. The number of rotatable bonds is 3. The Hall–Kier alpha value is -1.68. The third kappa shape index (κ3) is 2.67. The summed E-state index contributed by atoms with van der Waals surface area (Å²) in [5.41, 5.74) is 0.573.